The first-order valence-corrected chi connectivity index (χ1v) is 6.02. The summed E-state index contributed by atoms with van der Waals surface area (Å²) >= 11 is 3.53. The van der Waals surface area contributed by atoms with Crippen molar-refractivity contribution in [1.29, 1.82) is 0 Å². The van der Waals surface area contributed by atoms with Crippen LogP contribution in [0.3, 0.4) is 0 Å². The summed E-state index contributed by atoms with van der Waals surface area (Å²) in [6, 6.07) is 7.79. The molecular weight excluding hydrogens is 282 g/mol. The average molecular weight is 296 g/mol. The number of nitrogens with zero attached hydrogens (tertiary/aromatic N) is 2. The molecule has 0 amide bonds. The van der Waals surface area contributed by atoms with Gasteiger partial charge >= 0.3 is 0 Å². The monoisotopic (exact) mass is 295 g/mol. The van der Waals surface area contributed by atoms with Crippen LogP contribution in [-0.4, -0.2) is 16.7 Å². The maximum atomic E-state index is 5.63. The molecule has 2 aromatic rings. The molecular formula is C12H14BrN3O. The van der Waals surface area contributed by atoms with Crippen molar-refractivity contribution in [3.8, 4) is 17.0 Å². The molecule has 2 rings (SSSR count). The van der Waals surface area contributed by atoms with Gasteiger partial charge in [-0.3, -0.25) is 0 Å². The van der Waals surface area contributed by atoms with E-state index in [2.05, 4.69) is 20.9 Å². The van der Waals surface area contributed by atoms with Crippen LogP contribution >= 0.6 is 15.9 Å². The number of halogens is 1. The highest BCUT2D eigenvalue weighted by atomic mass is 79.9. The molecule has 1 aromatic heterocycles. The first-order chi connectivity index (χ1) is 8.17. The molecule has 17 heavy (non-hydrogen) atoms. The Morgan fingerprint density at radius 2 is 2.00 bits per heavy atom. The molecule has 2 N–H and O–H groups in total. The van der Waals surface area contributed by atoms with Crippen LogP contribution in [0.2, 0.25) is 0 Å². The van der Waals surface area contributed by atoms with Crippen LogP contribution < -0.4 is 10.5 Å². The molecule has 0 bridgehead atoms. The Labute approximate surface area is 109 Å². The summed E-state index contributed by atoms with van der Waals surface area (Å²) in [6.07, 6.45) is 0. The van der Waals surface area contributed by atoms with Gasteiger partial charge in [-0.05, 0) is 40.2 Å². The Balaban J connectivity index is 2.45. The Kier molecular flexibility index (Phi) is 3.49. The van der Waals surface area contributed by atoms with E-state index >= 15 is 0 Å². The molecule has 1 heterocycles. The molecule has 0 fully saturated rings. The number of aromatic nitrogens is 2. The first-order valence-electron chi connectivity index (χ1n) is 5.23. The van der Waals surface area contributed by atoms with Crippen molar-refractivity contribution < 1.29 is 4.74 Å². The smallest absolute Gasteiger partial charge is 0.123 e. The number of ether oxygens (including phenoxy) is 1. The predicted octanol–water partition coefficient (Wildman–Crippen LogP) is 2.32. The number of nitrogens with two attached hydrogens (primary N) is 1. The van der Waals surface area contributed by atoms with Crippen LogP contribution in [0.15, 0.2) is 28.9 Å². The third-order valence-electron chi connectivity index (χ3n) is 2.66. The SMILES string of the molecule is COc1ccc(-c2nc(CN)n(C)c2Br)cc1. The van der Waals surface area contributed by atoms with Gasteiger partial charge in [0.2, 0.25) is 0 Å². The minimum absolute atomic E-state index is 0.422. The van der Waals surface area contributed by atoms with Crippen LogP contribution in [0.4, 0.5) is 0 Å². The zero-order valence-electron chi connectivity index (χ0n) is 9.77. The highest BCUT2D eigenvalue weighted by molar-refractivity contribution is 9.10. The fourth-order valence-corrected chi connectivity index (χ4v) is 2.16. The van der Waals surface area contributed by atoms with Gasteiger partial charge in [-0.1, -0.05) is 0 Å². The van der Waals surface area contributed by atoms with Crippen molar-refractivity contribution in [1.82, 2.24) is 9.55 Å². The van der Waals surface area contributed by atoms with E-state index in [4.69, 9.17) is 10.5 Å². The van der Waals surface area contributed by atoms with E-state index in [0.717, 1.165) is 27.4 Å². The highest BCUT2D eigenvalue weighted by Gasteiger charge is 2.12. The zero-order valence-corrected chi connectivity index (χ0v) is 11.4. The highest BCUT2D eigenvalue weighted by Crippen LogP contribution is 2.29. The molecule has 5 heteroatoms. The van der Waals surface area contributed by atoms with Gasteiger partial charge < -0.3 is 15.0 Å². The van der Waals surface area contributed by atoms with Crippen molar-refractivity contribution in [2.75, 3.05) is 7.11 Å². The first kappa shape index (κ1) is 12.1. The third kappa shape index (κ3) is 2.21. The quantitative estimate of drug-likeness (QED) is 0.945. The second-order valence-electron chi connectivity index (χ2n) is 3.66. The van der Waals surface area contributed by atoms with Gasteiger partial charge in [-0.15, -0.1) is 0 Å². The third-order valence-corrected chi connectivity index (χ3v) is 3.57. The maximum Gasteiger partial charge on any atom is 0.123 e. The van der Waals surface area contributed by atoms with Crippen LogP contribution in [0.1, 0.15) is 5.82 Å². The molecule has 0 aliphatic heterocycles. The van der Waals surface area contributed by atoms with Gasteiger partial charge in [0.05, 0.1) is 13.7 Å². The molecule has 0 saturated carbocycles. The summed E-state index contributed by atoms with van der Waals surface area (Å²) in [6.45, 7) is 0.422. The number of imidazole rings is 1. The van der Waals surface area contributed by atoms with E-state index in [1.807, 2.05) is 35.9 Å². The molecule has 0 atom stereocenters. The average Bonchev–Trinajstić information content (AvgIpc) is 2.66. The number of hydrogen-bond donors (Lipinski definition) is 1. The lowest BCUT2D eigenvalue weighted by atomic mass is 10.2. The number of methoxy groups -OCH3 is 1. The predicted molar refractivity (Wildman–Crippen MR) is 70.8 cm³/mol. The summed E-state index contributed by atoms with van der Waals surface area (Å²) in [7, 11) is 3.59. The van der Waals surface area contributed by atoms with Gasteiger partial charge in [0.25, 0.3) is 0 Å². The van der Waals surface area contributed by atoms with E-state index in [9.17, 15) is 0 Å². The maximum absolute atomic E-state index is 5.63. The van der Waals surface area contributed by atoms with E-state index in [1.54, 1.807) is 7.11 Å². The van der Waals surface area contributed by atoms with Crippen molar-refractivity contribution in [3.05, 3.63) is 34.7 Å². The van der Waals surface area contributed by atoms with Gasteiger partial charge in [0.1, 0.15) is 21.9 Å². The Hall–Kier alpha value is -1.33. The van der Waals surface area contributed by atoms with Crippen LogP contribution in [-0.2, 0) is 13.6 Å². The lowest BCUT2D eigenvalue weighted by Crippen LogP contribution is -2.04. The molecule has 0 aliphatic carbocycles. The number of benzene rings is 1. The fraction of sp³-hybridized carbons (Fsp3) is 0.250. The van der Waals surface area contributed by atoms with Crippen LogP contribution in [0.5, 0.6) is 5.75 Å². The molecule has 0 saturated heterocycles. The molecule has 90 valence electrons. The Bertz CT molecular complexity index is 519. The minimum Gasteiger partial charge on any atom is -0.497 e. The van der Waals surface area contributed by atoms with Crippen molar-refractivity contribution in [3.63, 3.8) is 0 Å². The molecule has 4 nitrogen and oxygen atoms in total. The van der Waals surface area contributed by atoms with Gasteiger partial charge in [-0.25, -0.2) is 4.98 Å². The summed E-state index contributed by atoms with van der Waals surface area (Å²) in [5, 5.41) is 0. The second kappa shape index (κ2) is 4.89. The lowest BCUT2D eigenvalue weighted by molar-refractivity contribution is 0.415. The van der Waals surface area contributed by atoms with Gasteiger partial charge in [0.15, 0.2) is 0 Å². The summed E-state index contributed by atoms with van der Waals surface area (Å²) < 4.78 is 8.01. The molecule has 0 spiro atoms. The van der Waals surface area contributed by atoms with E-state index < -0.39 is 0 Å². The summed E-state index contributed by atoms with van der Waals surface area (Å²) in [4.78, 5) is 4.50. The largest absolute Gasteiger partial charge is 0.497 e. The number of hydrogen-bond acceptors (Lipinski definition) is 3. The standard InChI is InChI=1S/C12H14BrN3O/c1-16-10(7-14)15-11(12(16)13)8-3-5-9(17-2)6-4-8/h3-6H,7,14H2,1-2H3. The topological polar surface area (TPSA) is 53.1 Å². The zero-order chi connectivity index (χ0) is 12.4. The van der Waals surface area contributed by atoms with Crippen LogP contribution in [0.25, 0.3) is 11.3 Å². The van der Waals surface area contributed by atoms with E-state index in [0.29, 0.717) is 6.54 Å². The summed E-state index contributed by atoms with van der Waals surface area (Å²) in [5.74, 6) is 1.68. The summed E-state index contributed by atoms with van der Waals surface area (Å²) in [5.41, 5.74) is 7.57. The normalized spacial score (nSPS) is 10.6. The van der Waals surface area contributed by atoms with Crippen molar-refractivity contribution >= 4 is 15.9 Å². The second-order valence-corrected chi connectivity index (χ2v) is 4.41. The Morgan fingerprint density at radius 1 is 1.35 bits per heavy atom. The minimum atomic E-state index is 0.422. The van der Waals surface area contributed by atoms with Crippen molar-refractivity contribution in [2.45, 2.75) is 6.54 Å². The molecule has 0 aliphatic rings. The lowest BCUT2D eigenvalue weighted by Gasteiger charge is -2.01. The van der Waals surface area contributed by atoms with E-state index in [-0.39, 0.29) is 0 Å². The molecule has 0 unspecified atom stereocenters. The van der Waals surface area contributed by atoms with E-state index in [1.165, 1.54) is 0 Å². The number of rotatable bonds is 3. The molecule has 1 aromatic carbocycles. The van der Waals surface area contributed by atoms with Crippen molar-refractivity contribution in [2.24, 2.45) is 12.8 Å². The molecule has 0 radical (unpaired) electrons. The Morgan fingerprint density at radius 3 is 2.47 bits per heavy atom. The van der Waals surface area contributed by atoms with Gasteiger partial charge in [-0.2, -0.15) is 0 Å². The van der Waals surface area contributed by atoms with Crippen LogP contribution in [0, 0.1) is 0 Å². The fourth-order valence-electron chi connectivity index (χ4n) is 1.64. The van der Waals surface area contributed by atoms with Gasteiger partial charge in [0, 0.05) is 12.6 Å².